The Morgan fingerprint density at radius 1 is 1.33 bits per heavy atom. The maximum Gasteiger partial charge on any atom is 0.329 e. The second kappa shape index (κ2) is 7.08. The van der Waals surface area contributed by atoms with Gasteiger partial charge < -0.3 is 19.8 Å². The summed E-state index contributed by atoms with van der Waals surface area (Å²) in [6.07, 6.45) is 1.13. The number of benzene rings is 1. The van der Waals surface area contributed by atoms with Crippen molar-refractivity contribution in [1.29, 1.82) is 0 Å². The number of carbonyl (C=O) groups excluding carboxylic acids is 1. The molecule has 1 aliphatic rings. The van der Waals surface area contributed by atoms with E-state index in [0.717, 1.165) is 0 Å². The Morgan fingerprint density at radius 2 is 2.00 bits per heavy atom. The van der Waals surface area contributed by atoms with Crippen LogP contribution in [-0.2, 0) is 9.53 Å². The number of hydrogen-bond donors (Lipinski definition) is 2. The molecular weight excluding hydrogens is 389 g/mol. The topological polar surface area (TPSA) is 87.1 Å². The highest BCUT2D eigenvalue weighted by Gasteiger charge is 2.24. The molecule has 1 heterocycles. The van der Waals surface area contributed by atoms with E-state index in [4.69, 9.17) is 9.84 Å². The number of carboxylic acid groups (broad SMARTS) is 1. The first-order chi connectivity index (χ1) is 9.97. The number of rotatable bonds is 4. The maximum atomic E-state index is 12.3. The number of likely N-dealkylation sites (tertiary alicyclic amines) is 1. The number of aliphatic carboxylic acids is 1. The molecule has 0 spiro atoms. The van der Waals surface area contributed by atoms with Gasteiger partial charge in [-0.2, -0.15) is 0 Å². The Bertz CT molecular complexity index is 540. The number of halogens is 1. The molecule has 2 rings (SSSR count). The number of phenolic OH excluding ortho intramolecular Hbond substituents is 1. The summed E-state index contributed by atoms with van der Waals surface area (Å²) in [6.45, 7) is 0.745. The summed E-state index contributed by atoms with van der Waals surface area (Å²) >= 11 is 2.00. The zero-order chi connectivity index (χ0) is 15.4. The molecule has 6 nitrogen and oxygen atoms in total. The van der Waals surface area contributed by atoms with Gasteiger partial charge >= 0.3 is 5.97 Å². The van der Waals surface area contributed by atoms with Crippen LogP contribution in [0.1, 0.15) is 23.2 Å². The fourth-order valence-corrected chi connectivity index (χ4v) is 2.58. The normalized spacial score (nSPS) is 16.0. The molecular formula is C14H16INO5. The quantitative estimate of drug-likeness (QED) is 0.745. The largest absolute Gasteiger partial charge is 0.507 e. The van der Waals surface area contributed by atoms with Gasteiger partial charge in [0.2, 0.25) is 0 Å². The highest BCUT2D eigenvalue weighted by Crippen LogP contribution is 2.22. The average molecular weight is 405 g/mol. The second-order valence-electron chi connectivity index (χ2n) is 4.86. The molecule has 1 fully saturated rings. The zero-order valence-electron chi connectivity index (χ0n) is 11.3. The minimum absolute atomic E-state index is 0.0983. The van der Waals surface area contributed by atoms with Crippen molar-refractivity contribution in [2.24, 2.45) is 0 Å². The van der Waals surface area contributed by atoms with Gasteiger partial charge in [-0.15, -0.1) is 0 Å². The van der Waals surface area contributed by atoms with Crippen LogP contribution in [-0.4, -0.2) is 52.8 Å². The lowest BCUT2D eigenvalue weighted by atomic mass is 10.1. The summed E-state index contributed by atoms with van der Waals surface area (Å²) in [4.78, 5) is 24.5. The van der Waals surface area contributed by atoms with Gasteiger partial charge in [-0.3, -0.25) is 4.79 Å². The third-order valence-corrected chi connectivity index (χ3v) is 4.28. The van der Waals surface area contributed by atoms with E-state index in [2.05, 4.69) is 0 Å². The highest BCUT2D eigenvalue weighted by atomic mass is 127. The molecule has 0 unspecified atom stereocenters. The van der Waals surface area contributed by atoms with Gasteiger partial charge in [0.25, 0.3) is 5.91 Å². The highest BCUT2D eigenvalue weighted by molar-refractivity contribution is 14.1. The van der Waals surface area contributed by atoms with Crippen molar-refractivity contribution in [3.8, 4) is 5.75 Å². The number of nitrogens with zero attached hydrogens (tertiary/aromatic N) is 1. The lowest BCUT2D eigenvalue weighted by Gasteiger charge is -2.31. The Labute approximate surface area is 135 Å². The smallest absolute Gasteiger partial charge is 0.329 e. The van der Waals surface area contributed by atoms with E-state index in [1.54, 1.807) is 17.0 Å². The first-order valence-corrected chi connectivity index (χ1v) is 7.66. The van der Waals surface area contributed by atoms with Crippen molar-refractivity contribution in [1.82, 2.24) is 4.90 Å². The Balaban J connectivity index is 1.90. The van der Waals surface area contributed by atoms with Crippen LogP contribution < -0.4 is 0 Å². The molecule has 21 heavy (non-hydrogen) atoms. The van der Waals surface area contributed by atoms with E-state index in [1.165, 1.54) is 6.07 Å². The van der Waals surface area contributed by atoms with Crippen molar-refractivity contribution in [3.05, 3.63) is 27.3 Å². The van der Waals surface area contributed by atoms with Crippen molar-refractivity contribution in [3.63, 3.8) is 0 Å². The Morgan fingerprint density at radius 3 is 2.57 bits per heavy atom. The molecule has 0 bridgehead atoms. The first-order valence-electron chi connectivity index (χ1n) is 6.58. The van der Waals surface area contributed by atoms with Gasteiger partial charge in [-0.05, 0) is 53.6 Å². The van der Waals surface area contributed by atoms with Crippen LogP contribution >= 0.6 is 22.6 Å². The average Bonchev–Trinajstić information content (AvgIpc) is 2.48. The van der Waals surface area contributed by atoms with Gasteiger partial charge in [0.05, 0.1) is 9.67 Å². The van der Waals surface area contributed by atoms with E-state index < -0.39 is 5.97 Å². The SMILES string of the molecule is O=C(O)COC1CCN(C(=O)c2ccc(I)c(O)c2)CC1. The molecule has 1 aromatic carbocycles. The van der Waals surface area contributed by atoms with Gasteiger partial charge in [0.1, 0.15) is 12.4 Å². The Kier molecular flexibility index (Phi) is 5.40. The van der Waals surface area contributed by atoms with E-state index in [0.29, 0.717) is 35.1 Å². The van der Waals surface area contributed by atoms with E-state index in [1.807, 2.05) is 22.6 Å². The summed E-state index contributed by atoms with van der Waals surface area (Å²) < 4.78 is 5.93. The fourth-order valence-electron chi connectivity index (χ4n) is 2.24. The molecule has 114 valence electrons. The van der Waals surface area contributed by atoms with E-state index in [-0.39, 0.29) is 24.4 Å². The van der Waals surface area contributed by atoms with Crippen molar-refractivity contribution in [2.45, 2.75) is 18.9 Å². The van der Waals surface area contributed by atoms with Crippen LogP contribution in [0.15, 0.2) is 18.2 Å². The number of carbonyl (C=O) groups is 2. The summed E-state index contributed by atoms with van der Waals surface area (Å²) in [5.74, 6) is -1.01. The van der Waals surface area contributed by atoms with Crippen LogP contribution in [0.2, 0.25) is 0 Å². The number of ether oxygens (including phenoxy) is 1. The van der Waals surface area contributed by atoms with Crippen LogP contribution in [0.25, 0.3) is 0 Å². The van der Waals surface area contributed by atoms with E-state index >= 15 is 0 Å². The van der Waals surface area contributed by atoms with Crippen molar-refractivity contribution in [2.75, 3.05) is 19.7 Å². The molecule has 1 aromatic rings. The number of aromatic hydroxyl groups is 1. The maximum absolute atomic E-state index is 12.3. The standard InChI is InChI=1S/C14H16INO5/c15-11-2-1-9(7-12(11)17)14(20)16-5-3-10(4-6-16)21-8-13(18)19/h1-2,7,10,17H,3-6,8H2,(H,18,19). The third-order valence-electron chi connectivity index (χ3n) is 3.36. The van der Waals surface area contributed by atoms with Crippen molar-refractivity contribution >= 4 is 34.5 Å². The molecule has 0 atom stereocenters. The van der Waals surface area contributed by atoms with Crippen molar-refractivity contribution < 1.29 is 24.5 Å². The summed E-state index contributed by atoms with van der Waals surface area (Å²) in [7, 11) is 0. The Hall–Kier alpha value is -1.35. The first kappa shape index (κ1) is 16.0. The van der Waals surface area contributed by atoms with Gasteiger partial charge in [0, 0.05) is 18.7 Å². The van der Waals surface area contributed by atoms with Crippen LogP contribution in [0.3, 0.4) is 0 Å². The molecule has 0 radical (unpaired) electrons. The molecule has 1 amide bonds. The third kappa shape index (κ3) is 4.31. The minimum Gasteiger partial charge on any atom is -0.507 e. The predicted octanol–water partition coefficient (Wildman–Crippen LogP) is 1.70. The molecule has 1 aliphatic heterocycles. The van der Waals surface area contributed by atoms with Gasteiger partial charge in [-0.25, -0.2) is 4.79 Å². The summed E-state index contributed by atoms with van der Waals surface area (Å²) in [5.41, 5.74) is 0.456. The number of carboxylic acids is 1. The van der Waals surface area contributed by atoms with Crippen LogP contribution in [0.4, 0.5) is 0 Å². The van der Waals surface area contributed by atoms with E-state index in [9.17, 15) is 14.7 Å². The molecule has 7 heteroatoms. The van der Waals surface area contributed by atoms with Gasteiger partial charge in [-0.1, -0.05) is 0 Å². The van der Waals surface area contributed by atoms with Gasteiger partial charge in [0.15, 0.2) is 0 Å². The minimum atomic E-state index is -0.983. The fraction of sp³-hybridized carbons (Fsp3) is 0.429. The molecule has 2 N–H and O–H groups in total. The molecule has 0 aliphatic carbocycles. The number of hydrogen-bond acceptors (Lipinski definition) is 4. The summed E-state index contributed by atoms with van der Waals surface area (Å²) in [5, 5.41) is 18.2. The summed E-state index contributed by atoms with van der Waals surface area (Å²) in [6, 6.07) is 4.86. The lowest BCUT2D eigenvalue weighted by Crippen LogP contribution is -2.41. The molecule has 0 saturated carbocycles. The monoisotopic (exact) mass is 405 g/mol. The number of amides is 1. The molecule has 0 aromatic heterocycles. The van der Waals surface area contributed by atoms with Crippen LogP contribution in [0.5, 0.6) is 5.75 Å². The molecule has 1 saturated heterocycles. The lowest BCUT2D eigenvalue weighted by molar-refractivity contribution is -0.145. The van der Waals surface area contributed by atoms with Crippen LogP contribution in [0, 0.1) is 3.57 Å². The number of piperidine rings is 1. The number of phenols is 1. The predicted molar refractivity (Wildman–Crippen MR) is 83.3 cm³/mol. The second-order valence-corrected chi connectivity index (χ2v) is 6.02. The zero-order valence-corrected chi connectivity index (χ0v) is 13.4.